The van der Waals surface area contributed by atoms with Gasteiger partial charge in [0.05, 0.1) is 18.0 Å². The fraction of sp³-hybridized carbons (Fsp3) is 0.400. The number of fused-ring (bicyclic) bond motifs is 1. The summed E-state index contributed by atoms with van der Waals surface area (Å²) in [5, 5.41) is 10.1. The van der Waals surface area contributed by atoms with Crippen LogP contribution in [0.15, 0.2) is 22.7 Å². The average molecular weight is 401 g/mol. The Morgan fingerprint density at radius 2 is 2.04 bits per heavy atom. The summed E-state index contributed by atoms with van der Waals surface area (Å²) >= 11 is 3.45. The lowest BCUT2D eigenvalue weighted by Crippen LogP contribution is -2.27. The molecule has 2 aromatic rings. The lowest BCUT2D eigenvalue weighted by Gasteiger charge is -2.20. The van der Waals surface area contributed by atoms with Crippen LogP contribution in [0.3, 0.4) is 0 Å². The lowest BCUT2D eigenvalue weighted by atomic mass is 10.1. The quantitative estimate of drug-likeness (QED) is 0.613. The van der Waals surface area contributed by atoms with Crippen LogP contribution in [-0.4, -0.2) is 16.3 Å². The molecular weight excluding hydrogens is 380 g/mol. The molecule has 0 amide bonds. The van der Waals surface area contributed by atoms with E-state index < -0.39 is 11.7 Å². The van der Waals surface area contributed by atoms with Gasteiger partial charge in [-0.25, -0.2) is 9.36 Å². The van der Waals surface area contributed by atoms with Crippen molar-refractivity contribution in [2.75, 3.05) is 0 Å². The van der Waals surface area contributed by atoms with Crippen LogP contribution in [0.4, 0.5) is 4.79 Å². The number of carbonyl (C=O) groups excluding carboxylic acids is 1. The molecule has 0 atom stereocenters. The fourth-order valence-electron chi connectivity index (χ4n) is 2.43. The normalized spacial score (nSPS) is 11.1. The molecule has 5 heteroatoms. The van der Waals surface area contributed by atoms with Crippen molar-refractivity contribution in [3.63, 3.8) is 0 Å². The van der Waals surface area contributed by atoms with Gasteiger partial charge < -0.3 is 4.74 Å². The highest BCUT2D eigenvalue weighted by atomic mass is 79.9. The maximum atomic E-state index is 12.8. The summed E-state index contributed by atoms with van der Waals surface area (Å²) < 4.78 is 7.89. The summed E-state index contributed by atoms with van der Waals surface area (Å²) in [6, 6.07) is 7.81. The van der Waals surface area contributed by atoms with Crippen molar-refractivity contribution in [3.05, 3.63) is 33.9 Å². The molecule has 1 aromatic carbocycles. The Hall–Kier alpha value is -2.24. The number of hydrogen-bond acceptors (Lipinski definition) is 3. The molecule has 0 aliphatic carbocycles. The van der Waals surface area contributed by atoms with Crippen molar-refractivity contribution in [1.82, 2.24) is 4.57 Å². The first-order valence-corrected chi connectivity index (χ1v) is 8.88. The largest absolute Gasteiger partial charge is 0.443 e. The molecule has 0 fully saturated rings. The minimum Gasteiger partial charge on any atom is -0.443 e. The summed E-state index contributed by atoms with van der Waals surface area (Å²) in [5.41, 5.74) is 1.33. The molecule has 1 aromatic heterocycles. The van der Waals surface area contributed by atoms with Crippen LogP contribution in [0.2, 0.25) is 0 Å². The topological polar surface area (TPSA) is 55.0 Å². The number of nitrogens with zero attached hydrogens (tertiary/aromatic N) is 2. The van der Waals surface area contributed by atoms with Crippen molar-refractivity contribution in [2.24, 2.45) is 5.92 Å². The molecule has 0 radical (unpaired) electrons. The Morgan fingerprint density at radius 1 is 1.36 bits per heavy atom. The summed E-state index contributed by atoms with van der Waals surface area (Å²) in [6.45, 7) is 9.43. The molecule has 0 bridgehead atoms. The highest BCUT2D eigenvalue weighted by Gasteiger charge is 2.25. The van der Waals surface area contributed by atoms with Gasteiger partial charge in [-0.3, -0.25) is 0 Å². The maximum absolute atomic E-state index is 12.8. The molecule has 2 rings (SSSR count). The Labute approximate surface area is 156 Å². The van der Waals surface area contributed by atoms with E-state index in [2.05, 4.69) is 33.8 Å². The van der Waals surface area contributed by atoms with Crippen molar-refractivity contribution in [2.45, 2.75) is 46.6 Å². The Balaban J connectivity index is 2.82. The van der Waals surface area contributed by atoms with Gasteiger partial charge in [0, 0.05) is 21.3 Å². The summed E-state index contributed by atoms with van der Waals surface area (Å²) in [4.78, 5) is 12.8. The van der Waals surface area contributed by atoms with E-state index in [9.17, 15) is 10.1 Å². The van der Waals surface area contributed by atoms with Gasteiger partial charge in [-0.2, -0.15) is 5.26 Å². The molecule has 130 valence electrons. The van der Waals surface area contributed by atoms with Crippen LogP contribution in [-0.2, 0) is 11.2 Å². The fourth-order valence-corrected chi connectivity index (χ4v) is 2.78. The predicted molar refractivity (Wildman–Crippen MR) is 102 cm³/mol. The standard InChI is InChI=1S/C20H21BrN2O2/c1-13(2)6-9-17-16(10-11-22)15-8-7-14(21)12-18(15)23(17)19(24)25-20(3,4)5/h7-8,12-13H,10H2,1-5H3. The highest BCUT2D eigenvalue weighted by Crippen LogP contribution is 2.30. The van der Waals surface area contributed by atoms with E-state index in [-0.39, 0.29) is 12.3 Å². The van der Waals surface area contributed by atoms with Gasteiger partial charge in [0.15, 0.2) is 0 Å². The Kier molecular flexibility index (Phi) is 5.60. The molecule has 0 saturated carbocycles. The molecule has 0 N–H and O–H groups in total. The molecule has 0 spiro atoms. The zero-order chi connectivity index (χ0) is 18.8. The first-order valence-electron chi connectivity index (χ1n) is 8.08. The monoisotopic (exact) mass is 400 g/mol. The number of nitriles is 1. The second-order valence-corrected chi connectivity index (χ2v) is 7.98. The van der Waals surface area contributed by atoms with Crippen molar-refractivity contribution >= 4 is 32.9 Å². The van der Waals surface area contributed by atoms with Crippen molar-refractivity contribution < 1.29 is 9.53 Å². The van der Waals surface area contributed by atoms with Crippen LogP contribution in [0, 0.1) is 29.1 Å². The molecule has 0 aliphatic heterocycles. The van der Waals surface area contributed by atoms with Gasteiger partial charge in [-0.05, 0) is 38.8 Å². The predicted octanol–water partition coefficient (Wildman–Crippen LogP) is 5.26. The van der Waals surface area contributed by atoms with E-state index in [4.69, 9.17) is 4.74 Å². The van der Waals surface area contributed by atoms with E-state index >= 15 is 0 Å². The molecular formula is C20H21BrN2O2. The summed E-state index contributed by atoms with van der Waals surface area (Å²) in [5.74, 6) is 6.33. The molecule has 0 unspecified atom stereocenters. The molecule has 0 saturated heterocycles. The Morgan fingerprint density at radius 3 is 2.60 bits per heavy atom. The van der Waals surface area contributed by atoms with E-state index in [1.165, 1.54) is 4.57 Å². The highest BCUT2D eigenvalue weighted by molar-refractivity contribution is 9.10. The van der Waals surface area contributed by atoms with Gasteiger partial charge in [-0.15, -0.1) is 0 Å². The molecule has 4 nitrogen and oxygen atoms in total. The first kappa shape index (κ1) is 19.1. The van der Waals surface area contributed by atoms with Gasteiger partial charge in [0.25, 0.3) is 0 Å². The zero-order valence-electron chi connectivity index (χ0n) is 15.1. The summed E-state index contributed by atoms with van der Waals surface area (Å²) in [7, 11) is 0. The number of aromatic nitrogens is 1. The number of benzene rings is 1. The molecule has 25 heavy (non-hydrogen) atoms. The van der Waals surface area contributed by atoms with Crippen LogP contribution in [0.5, 0.6) is 0 Å². The Bertz CT molecular complexity index is 916. The third-order valence-corrected chi connectivity index (χ3v) is 3.84. The smallest absolute Gasteiger partial charge is 0.420 e. The van der Waals surface area contributed by atoms with Crippen molar-refractivity contribution in [3.8, 4) is 17.9 Å². The maximum Gasteiger partial charge on any atom is 0.420 e. The number of halogens is 1. The summed E-state index contributed by atoms with van der Waals surface area (Å²) in [6.07, 6.45) is -0.316. The van der Waals surface area contributed by atoms with E-state index in [1.54, 1.807) is 0 Å². The van der Waals surface area contributed by atoms with Gasteiger partial charge in [0.2, 0.25) is 0 Å². The van der Waals surface area contributed by atoms with E-state index in [0.29, 0.717) is 11.2 Å². The number of hydrogen-bond donors (Lipinski definition) is 0. The zero-order valence-corrected chi connectivity index (χ0v) is 16.7. The SMILES string of the molecule is CC(C)C#Cc1c(CC#N)c2ccc(Br)cc2n1C(=O)OC(C)(C)C. The van der Waals surface area contributed by atoms with E-state index in [0.717, 1.165) is 15.4 Å². The first-order chi connectivity index (χ1) is 11.6. The van der Waals surface area contributed by atoms with Crippen molar-refractivity contribution in [1.29, 1.82) is 5.26 Å². The van der Waals surface area contributed by atoms with Crippen LogP contribution in [0.25, 0.3) is 10.9 Å². The van der Waals surface area contributed by atoms with Gasteiger partial charge in [-0.1, -0.05) is 41.8 Å². The average Bonchev–Trinajstić information content (AvgIpc) is 2.77. The van der Waals surface area contributed by atoms with Crippen LogP contribution < -0.4 is 0 Å². The van der Waals surface area contributed by atoms with Crippen LogP contribution in [0.1, 0.15) is 45.9 Å². The van der Waals surface area contributed by atoms with Crippen LogP contribution >= 0.6 is 15.9 Å². The second-order valence-electron chi connectivity index (χ2n) is 7.06. The molecule has 1 heterocycles. The number of carbonyl (C=O) groups is 1. The van der Waals surface area contributed by atoms with Gasteiger partial charge in [0.1, 0.15) is 11.3 Å². The van der Waals surface area contributed by atoms with E-state index in [1.807, 2.05) is 52.8 Å². The second kappa shape index (κ2) is 7.33. The van der Waals surface area contributed by atoms with Gasteiger partial charge >= 0.3 is 6.09 Å². The molecule has 0 aliphatic rings. The third-order valence-electron chi connectivity index (χ3n) is 3.35. The minimum atomic E-state index is -0.627. The lowest BCUT2D eigenvalue weighted by molar-refractivity contribution is 0.0543. The minimum absolute atomic E-state index is 0.145. The third kappa shape index (κ3) is 4.44. The number of rotatable bonds is 1. The number of ether oxygens (including phenoxy) is 1.